The molecule has 2 aromatic rings. The fourth-order valence-electron chi connectivity index (χ4n) is 1.62. The summed E-state index contributed by atoms with van der Waals surface area (Å²) in [6.07, 6.45) is 0. The maximum atomic E-state index is 13.3. The van der Waals surface area contributed by atoms with E-state index in [0.29, 0.717) is 0 Å². The van der Waals surface area contributed by atoms with E-state index in [1.54, 1.807) is 0 Å². The van der Waals surface area contributed by atoms with Crippen LogP contribution in [0, 0.1) is 18.6 Å². The molecule has 0 bridgehead atoms. The minimum Gasteiger partial charge on any atom is -0.477 e. The van der Waals surface area contributed by atoms with Gasteiger partial charge in [0, 0.05) is 11.5 Å². The summed E-state index contributed by atoms with van der Waals surface area (Å²) in [6.45, 7) is 1.48. The minimum absolute atomic E-state index is 0.116. The van der Waals surface area contributed by atoms with Gasteiger partial charge in [0.2, 0.25) is 0 Å². The summed E-state index contributed by atoms with van der Waals surface area (Å²) >= 11 is 0. The third-order valence-electron chi connectivity index (χ3n) is 2.28. The van der Waals surface area contributed by atoms with Crippen LogP contribution < -0.4 is 0 Å². The first-order chi connectivity index (χ1) is 7.00. The first-order valence-electron chi connectivity index (χ1n) is 4.21. The van der Waals surface area contributed by atoms with E-state index >= 15 is 0 Å². The number of aromatic carboxylic acids is 1. The normalized spacial score (nSPS) is 10.9. The van der Waals surface area contributed by atoms with E-state index in [9.17, 15) is 13.6 Å². The monoisotopic (exact) mass is 211 g/mol. The van der Waals surface area contributed by atoms with Gasteiger partial charge in [0.05, 0.1) is 5.52 Å². The number of hydrogen-bond acceptors (Lipinski definition) is 1. The van der Waals surface area contributed by atoms with Crippen LogP contribution in [0.3, 0.4) is 0 Å². The number of hydrogen-bond donors (Lipinski definition) is 2. The molecule has 0 aliphatic heterocycles. The summed E-state index contributed by atoms with van der Waals surface area (Å²) < 4.78 is 26.2. The average molecular weight is 211 g/mol. The van der Waals surface area contributed by atoms with Crippen molar-refractivity contribution in [3.63, 3.8) is 0 Å². The SMILES string of the molecule is Cc1c(C(=O)O)[nH]c2cc(F)cc(F)c12. The fourth-order valence-corrected chi connectivity index (χ4v) is 1.62. The number of carbonyl (C=O) groups is 1. The predicted molar refractivity (Wildman–Crippen MR) is 49.9 cm³/mol. The molecule has 0 saturated carbocycles. The van der Waals surface area contributed by atoms with Crippen molar-refractivity contribution >= 4 is 16.9 Å². The molecule has 0 fully saturated rings. The Hall–Kier alpha value is -1.91. The summed E-state index contributed by atoms with van der Waals surface area (Å²) in [5.74, 6) is -2.69. The highest BCUT2D eigenvalue weighted by atomic mass is 19.1. The standard InChI is InChI=1S/C10H7F2NO2/c1-4-8-6(12)2-5(11)3-7(8)13-9(4)10(14)15/h2-3,13H,1H3,(H,14,15). The second-order valence-electron chi connectivity index (χ2n) is 3.24. The lowest BCUT2D eigenvalue weighted by Gasteiger charge is -1.94. The zero-order chi connectivity index (χ0) is 11.2. The first kappa shape index (κ1) is 9.64. The van der Waals surface area contributed by atoms with Crippen LogP contribution in [0.2, 0.25) is 0 Å². The van der Waals surface area contributed by atoms with Gasteiger partial charge in [0.15, 0.2) is 0 Å². The lowest BCUT2D eigenvalue weighted by atomic mass is 10.1. The molecule has 2 rings (SSSR count). The maximum Gasteiger partial charge on any atom is 0.352 e. The molecule has 0 saturated heterocycles. The van der Waals surface area contributed by atoms with Crippen molar-refractivity contribution in [1.29, 1.82) is 0 Å². The van der Waals surface area contributed by atoms with E-state index in [1.165, 1.54) is 6.92 Å². The van der Waals surface area contributed by atoms with E-state index in [4.69, 9.17) is 5.11 Å². The number of rotatable bonds is 1. The smallest absolute Gasteiger partial charge is 0.352 e. The second-order valence-corrected chi connectivity index (χ2v) is 3.24. The molecule has 15 heavy (non-hydrogen) atoms. The third-order valence-corrected chi connectivity index (χ3v) is 2.28. The van der Waals surface area contributed by atoms with E-state index in [2.05, 4.69) is 4.98 Å². The van der Waals surface area contributed by atoms with E-state index in [-0.39, 0.29) is 22.2 Å². The summed E-state index contributed by atoms with van der Waals surface area (Å²) in [4.78, 5) is 13.2. The Morgan fingerprint density at radius 1 is 1.40 bits per heavy atom. The molecule has 0 amide bonds. The number of benzene rings is 1. The number of aromatic nitrogens is 1. The number of carboxylic acids is 1. The van der Waals surface area contributed by atoms with Crippen LogP contribution in [-0.2, 0) is 0 Å². The summed E-state index contributed by atoms with van der Waals surface area (Å²) in [5, 5.41) is 8.90. The Morgan fingerprint density at radius 3 is 2.67 bits per heavy atom. The summed E-state index contributed by atoms with van der Waals surface area (Å²) in [5.41, 5.74) is 0.312. The molecule has 2 N–H and O–H groups in total. The number of carboxylic acid groups (broad SMARTS) is 1. The van der Waals surface area contributed by atoms with Crippen molar-refractivity contribution in [2.45, 2.75) is 6.92 Å². The Labute approximate surface area is 83.3 Å². The largest absolute Gasteiger partial charge is 0.477 e. The zero-order valence-corrected chi connectivity index (χ0v) is 7.77. The van der Waals surface area contributed by atoms with Crippen LogP contribution in [0.5, 0.6) is 0 Å². The molecule has 0 radical (unpaired) electrons. The molecule has 1 aromatic carbocycles. The molecule has 0 atom stereocenters. The Balaban J connectivity index is 2.88. The molecule has 1 heterocycles. The van der Waals surface area contributed by atoms with Crippen molar-refractivity contribution in [3.05, 3.63) is 35.0 Å². The Morgan fingerprint density at radius 2 is 2.07 bits per heavy atom. The summed E-state index contributed by atoms with van der Waals surface area (Å²) in [6, 6.07) is 1.80. The number of H-pyrrole nitrogens is 1. The van der Waals surface area contributed by atoms with Gasteiger partial charge < -0.3 is 10.1 Å². The fraction of sp³-hybridized carbons (Fsp3) is 0.100. The van der Waals surface area contributed by atoms with Crippen molar-refractivity contribution in [1.82, 2.24) is 4.98 Å². The Kier molecular flexibility index (Phi) is 1.96. The lowest BCUT2D eigenvalue weighted by molar-refractivity contribution is 0.0691. The average Bonchev–Trinajstić information content (AvgIpc) is 2.42. The van der Waals surface area contributed by atoms with Crippen molar-refractivity contribution < 1.29 is 18.7 Å². The van der Waals surface area contributed by atoms with Gasteiger partial charge in [-0.25, -0.2) is 13.6 Å². The molecule has 78 valence electrons. The highest BCUT2D eigenvalue weighted by Crippen LogP contribution is 2.25. The van der Waals surface area contributed by atoms with Gasteiger partial charge in [-0.15, -0.1) is 0 Å². The molecule has 0 aliphatic carbocycles. The quantitative estimate of drug-likeness (QED) is 0.761. The highest BCUT2D eigenvalue weighted by molar-refractivity contribution is 5.97. The van der Waals surface area contributed by atoms with Crippen LogP contribution in [0.15, 0.2) is 12.1 Å². The summed E-state index contributed by atoms with van der Waals surface area (Å²) in [7, 11) is 0. The first-order valence-corrected chi connectivity index (χ1v) is 4.21. The van der Waals surface area contributed by atoms with E-state index in [0.717, 1.165) is 12.1 Å². The van der Waals surface area contributed by atoms with Crippen molar-refractivity contribution in [2.24, 2.45) is 0 Å². The second kappa shape index (κ2) is 3.05. The molecular weight excluding hydrogens is 204 g/mol. The van der Waals surface area contributed by atoms with Gasteiger partial charge in [-0.2, -0.15) is 0 Å². The number of aromatic amines is 1. The van der Waals surface area contributed by atoms with Crippen molar-refractivity contribution in [3.8, 4) is 0 Å². The van der Waals surface area contributed by atoms with Gasteiger partial charge in [-0.05, 0) is 18.6 Å². The number of fused-ring (bicyclic) bond motifs is 1. The zero-order valence-electron chi connectivity index (χ0n) is 7.77. The van der Waals surface area contributed by atoms with Gasteiger partial charge in [-0.3, -0.25) is 0 Å². The number of aryl methyl sites for hydroxylation is 1. The van der Waals surface area contributed by atoms with Crippen LogP contribution in [0.1, 0.15) is 16.1 Å². The number of halogens is 2. The number of nitrogens with one attached hydrogen (secondary N) is 1. The highest BCUT2D eigenvalue weighted by Gasteiger charge is 2.17. The molecule has 5 heteroatoms. The lowest BCUT2D eigenvalue weighted by Crippen LogP contribution is -1.98. The molecule has 1 aromatic heterocycles. The van der Waals surface area contributed by atoms with Gasteiger partial charge in [0.25, 0.3) is 0 Å². The van der Waals surface area contributed by atoms with Crippen molar-refractivity contribution in [2.75, 3.05) is 0 Å². The molecule has 3 nitrogen and oxygen atoms in total. The minimum atomic E-state index is -1.19. The Bertz CT molecular complexity index is 560. The molecule has 0 unspecified atom stereocenters. The molecule has 0 aliphatic rings. The van der Waals surface area contributed by atoms with Crippen LogP contribution >= 0.6 is 0 Å². The van der Waals surface area contributed by atoms with E-state index in [1.807, 2.05) is 0 Å². The van der Waals surface area contributed by atoms with Crippen LogP contribution in [0.4, 0.5) is 8.78 Å². The van der Waals surface area contributed by atoms with Gasteiger partial charge in [-0.1, -0.05) is 0 Å². The molecular formula is C10H7F2NO2. The van der Waals surface area contributed by atoms with Gasteiger partial charge in [0.1, 0.15) is 17.3 Å². The predicted octanol–water partition coefficient (Wildman–Crippen LogP) is 2.45. The van der Waals surface area contributed by atoms with Gasteiger partial charge >= 0.3 is 5.97 Å². The van der Waals surface area contributed by atoms with Crippen LogP contribution in [0.25, 0.3) is 10.9 Å². The topological polar surface area (TPSA) is 53.1 Å². The molecule has 0 spiro atoms. The van der Waals surface area contributed by atoms with E-state index < -0.39 is 17.6 Å². The maximum absolute atomic E-state index is 13.3. The van der Waals surface area contributed by atoms with Crippen LogP contribution in [-0.4, -0.2) is 16.1 Å². The third kappa shape index (κ3) is 1.36.